The van der Waals surface area contributed by atoms with Crippen molar-refractivity contribution in [1.29, 1.82) is 0 Å². The molecule has 4 aromatic rings. The molecule has 2 N–H and O–H groups in total. The standard InChI is InChI=1S/C30H28N2O2/c1-19-7-5-9-25(15-19)29(33)31-27-13-11-23(17-21(27)3)24-12-14-28(22(4)18-24)32-30(34)26-10-6-8-20(2)16-26/h5-18H,1-4H3,(H,31,33)(H,32,34). The molecule has 0 aliphatic heterocycles. The molecule has 4 heteroatoms. The van der Waals surface area contributed by atoms with Gasteiger partial charge in [-0.3, -0.25) is 9.59 Å². The van der Waals surface area contributed by atoms with E-state index in [9.17, 15) is 9.59 Å². The summed E-state index contributed by atoms with van der Waals surface area (Å²) in [4.78, 5) is 25.2. The number of carbonyl (C=O) groups is 2. The van der Waals surface area contributed by atoms with E-state index in [-0.39, 0.29) is 11.8 Å². The van der Waals surface area contributed by atoms with E-state index in [0.717, 1.165) is 44.8 Å². The van der Waals surface area contributed by atoms with Gasteiger partial charge in [-0.15, -0.1) is 0 Å². The molecule has 2 amide bonds. The minimum atomic E-state index is -0.121. The van der Waals surface area contributed by atoms with E-state index in [1.807, 2.05) is 100 Å². The Morgan fingerprint density at radius 3 is 1.29 bits per heavy atom. The summed E-state index contributed by atoms with van der Waals surface area (Å²) in [7, 11) is 0. The molecule has 0 fully saturated rings. The predicted molar refractivity (Wildman–Crippen MR) is 140 cm³/mol. The second kappa shape index (κ2) is 9.75. The molecule has 4 nitrogen and oxygen atoms in total. The van der Waals surface area contributed by atoms with Gasteiger partial charge >= 0.3 is 0 Å². The molecule has 0 heterocycles. The lowest BCUT2D eigenvalue weighted by Gasteiger charge is -2.13. The first-order chi connectivity index (χ1) is 16.3. The Morgan fingerprint density at radius 2 is 0.941 bits per heavy atom. The minimum absolute atomic E-state index is 0.121. The zero-order chi connectivity index (χ0) is 24.2. The topological polar surface area (TPSA) is 58.2 Å². The number of anilines is 2. The van der Waals surface area contributed by atoms with Gasteiger partial charge in [0.1, 0.15) is 0 Å². The Hall–Kier alpha value is -4.18. The Labute approximate surface area is 200 Å². The quantitative estimate of drug-likeness (QED) is 0.342. The highest BCUT2D eigenvalue weighted by Crippen LogP contribution is 2.28. The van der Waals surface area contributed by atoms with Crippen LogP contribution in [0.15, 0.2) is 84.9 Å². The lowest BCUT2D eigenvalue weighted by atomic mass is 9.99. The predicted octanol–water partition coefficient (Wildman–Crippen LogP) is 7.09. The number of hydrogen-bond donors (Lipinski definition) is 2. The third kappa shape index (κ3) is 5.24. The summed E-state index contributed by atoms with van der Waals surface area (Å²) in [5.74, 6) is -0.242. The molecular weight excluding hydrogens is 420 g/mol. The van der Waals surface area contributed by atoms with Crippen LogP contribution in [0, 0.1) is 27.7 Å². The molecule has 0 unspecified atom stereocenters. The van der Waals surface area contributed by atoms with Crippen LogP contribution in [0.5, 0.6) is 0 Å². The smallest absolute Gasteiger partial charge is 0.255 e. The summed E-state index contributed by atoms with van der Waals surface area (Å²) < 4.78 is 0. The fourth-order valence-electron chi connectivity index (χ4n) is 3.93. The number of hydrogen-bond acceptors (Lipinski definition) is 2. The Bertz CT molecular complexity index is 1280. The van der Waals surface area contributed by atoms with Gasteiger partial charge in [0.05, 0.1) is 0 Å². The van der Waals surface area contributed by atoms with Crippen LogP contribution in [0.25, 0.3) is 11.1 Å². The summed E-state index contributed by atoms with van der Waals surface area (Å²) in [5.41, 5.74) is 9.01. The van der Waals surface area contributed by atoms with Crippen LogP contribution in [-0.4, -0.2) is 11.8 Å². The highest BCUT2D eigenvalue weighted by Gasteiger charge is 2.11. The molecule has 0 radical (unpaired) electrons. The molecule has 4 rings (SSSR count). The van der Waals surface area contributed by atoms with E-state index in [0.29, 0.717) is 11.1 Å². The first-order valence-electron chi connectivity index (χ1n) is 11.3. The van der Waals surface area contributed by atoms with Gasteiger partial charge in [-0.1, -0.05) is 47.5 Å². The first-order valence-corrected chi connectivity index (χ1v) is 11.3. The van der Waals surface area contributed by atoms with E-state index in [2.05, 4.69) is 22.8 Å². The number of aryl methyl sites for hydroxylation is 4. The number of rotatable bonds is 5. The van der Waals surface area contributed by atoms with Gasteiger partial charge < -0.3 is 10.6 Å². The molecule has 0 aliphatic carbocycles. The SMILES string of the molecule is Cc1cccc(C(=O)Nc2ccc(-c3ccc(NC(=O)c4cccc(C)c4)c(C)c3)cc2C)c1. The first kappa shape index (κ1) is 23.0. The molecular formula is C30H28N2O2. The molecule has 0 bridgehead atoms. The van der Waals surface area contributed by atoms with Crippen LogP contribution in [0.4, 0.5) is 11.4 Å². The zero-order valence-electron chi connectivity index (χ0n) is 19.9. The normalized spacial score (nSPS) is 10.6. The molecule has 0 aromatic heterocycles. The van der Waals surface area contributed by atoms with E-state index < -0.39 is 0 Å². The van der Waals surface area contributed by atoms with Gasteiger partial charge in [0.15, 0.2) is 0 Å². The Kier molecular flexibility index (Phi) is 6.60. The van der Waals surface area contributed by atoms with Crippen LogP contribution >= 0.6 is 0 Å². The molecule has 4 aromatic carbocycles. The van der Waals surface area contributed by atoms with Crippen molar-refractivity contribution in [2.45, 2.75) is 27.7 Å². The van der Waals surface area contributed by atoms with Gasteiger partial charge in [-0.05, 0) is 98.5 Å². The lowest BCUT2D eigenvalue weighted by molar-refractivity contribution is 0.101. The van der Waals surface area contributed by atoms with Crippen molar-refractivity contribution in [3.05, 3.63) is 118 Å². The molecule has 0 saturated carbocycles. The van der Waals surface area contributed by atoms with Crippen molar-refractivity contribution in [1.82, 2.24) is 0 Å². The van der Waals surface area contributed by atoms with Crippen molar-refractivity contribution in [3.8, 4) is 11.1 Å². The van der Waals surface area contributed by atoms with E-state index in [4.69, 9.17) is 0 Å². The lowest BCUT2D eigenvalue weighted by Crippen LogP contribution is -2.13. The van der Waals surface area contributed by atoms with Crippen LogP contribution < -0.4 is 10.6 Å². The average molecular weight is 449 g/mol. The zero-order valence-corrected chi connectivity index (χ0v) is 19.9. The summed E-state index contributed by atoms with van der Waals surface area (Å²) in [6.07, 6.45) is 0. The third-order valence-corrected chi connectivity index (χ3v) is 5.84. The summed E-state index contributed by atoms with van der Waals surface area (Å²) >= 11 is 0. The highest BCUT2D eigenvalue weighted by molar-refractivity contribution is 6.05. The van der Waals surface area contributed by atoms with E-state index in [1.165, 1.54) is 0 Å². The van der Waals surface area contributed by atoms with Gasteiger partial charge in [0.25, 0.3) is 11.8 Å². The van der Waals surface area contributed by atoms with Gasteiger partial charge in [0.2, 0.25) is 0 Å². The molecule has 0 aliphatic rings. The maximum atomic E-state index is 12.6. The van der Waals surface area contributed by atoms with Gasteiger partial charge in [-0.25, -0.2) is 0 Å². The molecule has 0 spiro atoms. The van der Waals surface area contributed by atoms with Gasteiger partial charge in [0, 0.05) is 22.5 Å². The van der Waals surface area contributed by atoms with Crippen LogP contribution in [0.2, 0.25) is 0 Å². The van der Waals surface area contributed by atoms with Crippen LogP contribution in [-0.2, 0) is 0 Å². The molecule has 34 heavy (non-hydrogen) atoms. The third-order valence-electron chi connectivity index (χ3n) is 5.84. The second-order valence-corrected chi connectivity index (χ2v) is 8.71. The monoisotopic (exact) mass is 448 g/mol. The van der Waals surface area contributed by atoms with Crippen molar-refractivity contribution >= 4 is 23.2 Å². The second-order valence-electron chi connectivity index (χ2n) is 8.71. The fraction of sp³-hybridized carbons (Fsp3) is 0.133. The number of nitrogens with one attached hydrogen (secondary N) is 2. The maximum Gasteiger partial charge on any atom is 0.255 e. The fourth-order valence-corrected chi connectivity index (χ4v) is 3.93. The summed E-state index contributed by atoms with van der Waals surface area (Å²) in [6, 6.07) is 27.1. The van der Waals surface area contributed by atoms with Gasteiger partial charge in [-0.2, -0.15) is 0 Å². The molecule has 170 valence electrons. The van der Waals surface area contributed by atoms with Crippen molar-refractivity contribution in [2.24, 2.45) is 0 Å². The average Bonchev–Trinajstić information content (AvgIpc) is 2.81. The van der Waals surface area contributed by atoms with E-state index in [1.54, 1.807) is 0 Å². The number of amides is 2. The minimum Gasteiger partial charge on any atom is -0.322 e. The van der Waals surface area contributed by atoms with Crippen LogP contribution in [0.3, 0.4) is 0 Å². The summed E-state index contributed by atoms with van der Waals surface area (Å²) in [6.45, 7) is 7.91. The van der Waals surface area contributed by atoms with Crippen LogP contribution in [0.1, 0.15) is 43.0 Å². The summed E-state index contributed by atoms with van der Waals surface area (Å²) in [5, 5.41) is 6.02. The van der Waals surface area contributed by atoms with Crippen molar-refractivity contribution < 1.29 is 9.59 Å². The molecule has 0 saturated heterocycles. The Morgan fingerprint density at radius 1 is 0.529 bits per heavy atom. The van der Waals surface area contributed by atoms with Crippen molar-refractivity contribution in [3.63, 3.8) is 0 Å². The number of carbonyl (C=O) groups excluding carboxylic acids is 2. The largest absolute Gasteiger partial charge is 0.322 e. The van der Waals surface area contributed by atoms with E-state index >= 15 is 0 Å². The molecule has 0 atom stereocenters. The maximum absolute atomic E-state index is 12.6. The highest BCUT2D eigenvalue weighted by atomic mass is 16.2. The van der Waals surface area contributed by atoms with Crippen molar-refractivity contribution in [2.75, 3.05) is 10.6 Å². The number of benzene rings is 4. The Balaban J connectivity index is 1.50.